The molecule has 0 radical (unpaired) electrons. The lowest BCUT2D eigenvalue weighted by molar-refractivity contribution is -0.145. The summed E-state index contributed by atoms with van der Waals surface area (Å²) in [5.41, 5.74) is -0.108. The summed E-state index contributed by atoms with van der Waals surface area (Å²) in [5, 5.41) is 9.16. The number of rotatable bonds is 3. The second-order valence-corrected chi connectivity index (χ2v) is 7.78. The first-order chi connectivity index (χ1) is 8.82. The number of carboxylic acid groups (broad SMARTS) is 1. The van der Waals surface area contributed by atoms with Gasteiger partial charge in [0.15, 0.2) is 0 Å². The molecule has 2 aliphatic rings. The van der Waals surface area contributed by atoms with Gasteiger partial charge in [-0.25, -0.2) is 0 Å². The van der Waals surface area contributed by atoms with Gasteiger partial charge in [-0.15, -0.1) is 0 Å². The molecule has 2 atom stereocenters. The van der Waals surface area contributed by atoms with Crippen molar-refractivity contribution in [1.29, 1.82) is 0 Å². The molecule has 4 nitrogen and oxygen atoms in total. The Balaban J connectivity index is 2.10. The Hall–Kier alpha value is -0.260. The number of nitrogens with zero attached hydrogens (tertiary/aromatic N) is 1. The van der Waals surface area contributed by atoms with Gasteiger partial charge in [-0.05, 0) is 45.8 Å². The molecule has 0 saturated carbocycles. The monoisotopic (exact) mass is 287 g/mol. The van der Waals surface area contributed by atoms with Gasteiger partial charge in [0.05, 0.1) is 12.1 Å². The molecule has 2 fully saturated rings. The molecule has 0 aromatic carbocycles. The summed E-state index contributed by atoms with van der Waals surface area (Å²) < 4.78 is 6.03. The van der Waals surface area contributed by atoms with Crippen LogP contribution in [0.25, 0.3) is 0 Å². The first-order valence-electron chi connectivity index (χ1n) is 7.03. The van der Waals surface area contributed by atoms with E-state index in [0.717, 1.165) is 31.6 Å². The van der Waals surface area contributed by atoms with Crippen LogP contribution < -0.4 is 0 Å². The zero-order valence-corrected chi connectivity index (χ0v) is 13.0. The van der Waals surface area contributed by atoms with Gasteiger partial charge in [0.2, 0.25) is 0 Å². The molecule has 0 bridgehead atoms. The van der Waals surface area contributed by atoms with E-state index in [4.69, 9.17) is 9.84 Å². The summed E-state index contributed by atoms with van der Waals surface area (Å²) in [7, 11) is 0. The van der Waals surface area contributed by atoms with E-state index in [2.05, 4.69) is 25.7 Å². The van der Waals surface area contributed by atoms with E-state index >= 15 is 0 Å². The number of hydrogen-bond donors (Lipinski definition) is 1. The van der Waals surface area contributed by atoms with Crippen molar-refractivity contribution in [3.05, 3.63) is 0 Å². The molecule has 19 heavy (non-hydrogen) atoms. The minimum absolute atomic E-state index is 0.00951. The lowest BCUT2D eigenvalue weighted by atomic mass is 9.87. The molecule has 1 spiro atoms. The first-order valence-corrected chi connectivity index (χ1v) is 8.18. The second kappa shape index (κ2) is 5.62. The highest BCUT2D eigenvalue weighted by Crippen LogP contribution is 2.40. The summed E-state index contributed by atoms with van der Waals surface area (Å²) in [4.78, 5) is 13.3. The van der Waals surface area contributed by atoms with Crippen LogP contribution in [0.15, 0.2) is 0 Å². The number of carboxylic acids is 1. The normalized spacial score (nSPS) is 32.1. The van der Waals surface area contributed by atoms with Crippen LogP contribution in [0.4, 0.5) is 0 Å². The molecule has 0 aromatic heterocycles. The summed E-state index contributed by atoms with van der Waals surface area (Å²) in [5.74, 6) is 1.49. The first kappa shape index (κ1) is 15.1. The van der Waals surface area contributed by atoms with Crippen LogP contribution in [0.2, 0.25) is 0 Å². The van der Waals surface area contributed by atoms with Gasteiger partial charge < -0.3 is 9.84 Å². The van der Waals surface area contributed by atoms with Gasteiger partial charge in [-0.3, -0.25) is 9.69 Å². The molecule has 5 heteroatoms. The molecule has 2 heterocycles. The van der Waals surface area contributed by atoms with Crippen molar-refractivity contribution >= 4 is 17.7 Å². The molecule has 1 N–H and O–H groups in total. The Morgan fingerprint density at radius 1 is 1.53 bits per heavy atom. The highest BCUT2D eigenvalue weighted by atomic mass is 32.2. The van der Waals surface area contributed by atoms with Crippen molar-refractivity contribution in [2.24, 2.45) is 0 Å². The Morgan fingerprint density at radius 2 is 2.26 bits per heavy atom. The van der Waals surface area contributed by atoms with Crippen LogP contribution >= 0.6 is 11.8 Å². The molecule has 2 unspecified atom stereocenters. The molecule has 110 valence electrons. The zero-order valence-electron chi connectivity index (χ0n) is 12.1. The van der Waals surface area contributed by atoms with Crippen molar-refractivity contribution in [1.82, 2.24) is 4.90 Å². The Morgan fingerprint density at radius 3 is 2.79 bits per heavy atom. The molecule has 2 saturated heterocycles. The third kappa shape index (κ3) is 3.64. The third-order valence-electron chi connectivity index (χ3n) is 4.14. The number of thioether (sulfide) groups is 1. The molecule has 2 aliphatic heterocycles. The number of hydrogen-bond acceptors (Lipinski definition) is 4. The lowest BCUT2D eigenvalue weighted by Gasteiger charge is -2.47. The van der Waals surface area contributed by atoms with Gasteiger partial charge in [0.1, 0.15) is 0 Å². The van der Waals surface area contributed by atoms with Gasteiger partial charge in [0, 0.05) is 23.9 Å². The maximum Gasteiger partial charge on any atom is 0.317 e. The quantitative estimate of drug-likeness (QED) is 0.862. The smallest absolute Gasteiger partial charge is 0.317 e. The number of aliphatic carboxylic acids is 1. The highest BCUT2D eigenvalue weighted by Gasteiger charge is 2.44. The SMILES string of the molecule is CC(C)(C)N(CC(=O)O)C1CCOC2(CCSC2)C1. The molecule has 0 aliphatic carbocycles. The van der Waals surface area contributed by atoms with Gasteiger partial charge in [-0.1, -0.05) is 0 Å². The van der Waals surface area contributed by atoms with Crippen LogP contribution in [-0.4, -0.2) is 57.8 Å². The Kier molecular flexibility index (Phi) is 4.48. The van der Waals surface area contributed by atoms with Gasteiger partial charge >= 0.3 is 5.97 Å². The van der Waals surface area contributed by atoms with Crippen LogP contribution in [0, 0.1) is 0 Å². The molecule has 0 amide bonds. The van der Waals surface area contributed by atoms with Crippen LogP contribution in [0.3, 0.4) is 0 Å². The largest absolute Gasteiger partial charge is 0.480 e. The zero-order chi connectivity index (χ0) is 14.1. The Labute approximate surface area is 119 Å². The van der Waals surface area contributed by atoms with E-state index in [9.17, 15) is 4.79 Å². The van der Waals surface area contributed by atoms with Crippen molar-refractivity contribution in [2.45, 2.75) is 57.2 Å². The van der Waals surface area contributed by atoms with Crippen LogP contribution in [0.5, 0.6) is 0 Å². The van der Waals surface area contributed by atoms with E-state index in [0.29, 0.717) is 6.04 Å². The average Bonchev–Trinajstić information content (AvgIpc) is 2.72. The Bertz CT molecular complexity index is 334. The topological polar surface area (TPSA) is 49.8 Å². The highest BCUT2D eigenvalue weighted by molar-refractivity contribution is 7.99. The molecular weight excluding hydrogens is 262 g/mol. The second-order valence-electron chi connectivity index (χ2n) is 6.67. The van der Waals surface area contributed by atoms with Crippen LogP contribution in [-0.2, 0) is 9.53 Å². The third-order valence-corrected chi connectivity index (χ3v) is 5.37. The predicted octanol–water partition coefficient (Wildman–Crippen LogP) is 2.23. The minimum Gasteiger partial charge on any atom is -0.480 e. The van der Waals surface area contributed by atoms with Crippen molar-refractivity contribution in [2.75, 3.05) is 24.7 Å². The van der Waals surface area contributed by atoms with Crippen molar-refractivity contribution in [3.8, 4) is 0 Å². The van der Waals surface area contributed by atoms with E-state index in [1.165, 1.54) is 5.75 Å². The number of ether oxygens (including phenoxy) is 1. The maximum atomic E-state index is 11.1. The van der Waals surface area contributed by atoms with E-state index in [1.54, 1.807) is 0 Å². The average molecular weight is 287 g/mol. The summed E-state index contributed by atoms with van der Waals surface area (Å²) in [6.45, 7) is 7.18. The van der Waals surface area contributed by atoms with Crippen molar-refractivity contribution < 1.29 is 14.6 Å². The minimum atomic E-state index is -0.740. The molecular formula is C14H25NO3S. The van der Waals surface area contributed by atoms with E-state index < -0.39 is 5.97 Å². The van der Waals surface area contributed by atoms with E-state index in [1.807, 2.05) is 11.8 Å². The van der Waals surface area contributed by atoms with Gasteiger partial charge in [0.25, 0.3) is 0 Å². The summed E-state index contributed by atoms with van der Waals surface area (Å²) in [6, 6.07) is 0.323. The predicted molar refractivity (Wildman–Crippen MR) is 77.7 cm³/mol. The fourth-order valence-corrected chi connectivity index (χ4v) is 4.57. The number of carbonyl (C=O) groups is 1. The maximum absolute atomic E-state index is 11.1. The molecule has 2 rings (SSSR count). The summed E-state index contributed by atoms with van der Waals surface area (Å²) in [6.07, 6.45) is 3.03. The lowest BCUT2D eigenvalue weighted by Crippen LogP contribution is -2.56. The van der Waals surface area contributed by atoms with Crippen LogP contribution in [0.1, 0.15) is 40.0 Å². The van der Waals surface area contributed by atoms with Crippen molar-refractivity contribution in [3.63, 3.8) is 0 Å². The standard InChI is InChI=1S/C14H25NO3S/c1-13(2,3)15(9-12(16)17)11-4-6-18-14(8-11)5-7-19-10-14/h11H,4-10H2,1-3H3,(H,16,17). The fourth-order valence-electron chi connectivity index (χ4n) is 3.19. The fraction of sp³-hybridized carbons (Fsp3) is 0.929. The van der Waals surface area contributed by atoms with Gasteiger partial charge in [-0.2, -0.15) is 11.8 Å². The summed E-state index contributed by atoms with van der Waals surface area (Å²) >= 11 is 1.95. The van der Waals surface area contributed by atoms with E-state index in [-0.39, 0.29) is 17.7 Å². The molecule has 0 aromatic rings.